The summed E-state index contributed by atoms with van der Waals surface area (Å²) in [7, 11) is 0. The summed E-state index contributed by atoms with van der Waals surface area (Å²) in [5.74, 6) is 0.816. The zero-order valence-electron chi connectivity index (χ0n) is 15.5. The van der Waals surface area contributed by atoms with Gasteiger partial charge in [-0.3, -0.25) is 19.0 Å². The van der Waals surface area contributed by atoms with E-state index < -0.39 is 0 Å². The molecule has 3 aromatic rings. The number of aryl methyl sites for hydroxylation is 1. The largest absolute Gasteiger partial charge is 0.348 e. The highest BCUT2D eigenvalue weighted by molar-refractivity contribution is 7.19. The van der Waals surface area contributed by atoms with Crippen LogP contribution in [0.15, 0.2) is 24.1 Å². The summed E-state index contributed by atoms with van der Waals surface area (Å²) in [6.45, 7) is 3.45. The maximum atomic E-state index is 13.2. The predicted octanol–water partition coefficient (Wildman–Crippen LogP) is 2.83. The Balaban J connectivity index is 1.32. The van der Waals surface area contributed by atoms with Crippen LogP contribution in [0.3, 0.4) is 0 Å². The van der Waals surface area contributed by atoms with E-state index in [1.165, 1.54) is 22.7 Å². The summed E-state index contributed by atoms with van der Waals surface area (Å²) in [4.78, 5) is 38.2. The Morgan fingerprint density at radius 3 is 2.96 bits per heavy atom. The number of fused-ring (bicyclic) bond motifs is 2. The lowest BCUT2D eigenvalue weighted by molar-refractivity contribution is 0.0786. The van der Waals surface area contributed by atoms with Crippen molar-refractivity contribution in [2.24, 2.45) is 11.8 Å². The summed E-state index contributed by atoms with van der Waals surface area (Å²) in [6, 6.07) is 0.118. The molecule has 1 saturated carbocycles. The molecule has 0 bridgehead atoms. The molecule has 0 spiro atoms. The second kappa shape index (κ2) is 6.97. The number of amides is 2. The zero-order valence-corrected chi connectivity index (χ0v) is 17.1. The molecule has 2 amide bonds. The van der Waals surface area contributed by atoms with Gasteiger partial charge < -0.3 is 10.2 Å². The van der Waals surface area contributed by atoms with Gasteiger partial charge in [-0.05, 0) is 25.7 Å². The van der Waals surface area contributed by atoms with Crippen LogP contribution >= 0.6 is 22.7 Å². The molecular formula is C19H21N5O2S2. The third kappa shape index (κ3) is 2.93. The zero-order chi connectivity index (χ0) is 19.3. The molecule has 3 unspecified atom stereocenters. The number of rotatable bonds is 3. The third-order valence-electron chi connectivity index (χ3n) is 6.04. The Kier molecular flexibility index (Phi) is 4.43. The Bertz CT molecular complexity index is 1020. The fourth-order valence-corrected chi connectivity index (χ4v) is 6.20. The first kappa shape index (κ1) is 17.8. The number of likely N-dealkylation sites (tertiary alicyclic amines) is 1. The van der Waals surface area contributed by atoms with E-state index in [-0.39, 0.29) is 17.9 Å². The summed E-state index contributed by atoms with van der Waals surface area (Å²) in [5, 5.41) is 3.20. The van der Waals surface area contributed by atoms with Gasteiger partial charge in [-0.1, -0.05) is 17.8 Å². The number of nitrogens with zero attached hydrogens (tertiary/aromatic N) is 4. The van der Waals surface area contributed by atoms with Gasteiger partial charge in [-0.2, -0.15) is 0 Å². The van der Waals surface area contributed by atoms with Crippen LogP contribution in [-0.4, -0.2) is 50.2 Å². The second-order valence-electron chi connectivity index (χ2n) is 7.61. The van der Waals surface area contributed by atoms with Gasteiger partial charge in [0.05, 0.1) is 11.7 Å². The van der Waals surface area contributed by atoms with Crippen molar-refractivity contribution in [1.29, 1.82) is 0 Å². The van der Waals surface area contributed by atoms with Gasteiger partial charge in [-0.15, -0.1) is 11.3 Å². The third-order valence-corrected chi connectivity index (χ3v) is 7.97. The minimum Gasteiger partial charge on any atom is -0.348 e. The van der Waals surface area contributed by atoms with Crippen molar-refractivity contribution < 1.29 is 9.59 Å². The SMILES string of the molecule is Cc1c(C(=O)N2CC3CCCC(NC(=O)c4cncs4)C3C2)sc2nccn12. The van der Waals surface area contributed by atoms with E-state index in [2.05, 4.69) is 15.3 Å². The van der Waals surface area contributed by atoms with Crippen LogP contribution < -0.4 is 5.32 Å². The van der Waals surface area contributed by atoms with Crippen molar-refractivity contribution >= 4 is 39.4 Å². The molecule has 4 heterocycles. The summed E-state index contributed by atoms with van der Waals surface area (Å²) in [6.07, 6.45) is 8.44. The number of imidazole rings is 1. The van der Waals surface area contributed by atoms with Crippen molar-refractivity contribution in [1.82, 2.24) is 24.6 Å². The van der Waals surface area contributed by atoms with Gasteiger partial charge in [0, 0.05) is 43.1 Å². The van der Waals surface area contributed by atoms with Crippen molar-refractivity contribution in [3.63, 3.8) is 0 Å². The fourth-order valence-electron chi connectivity index (χ4n) is 4.62. The quantitative estimate of drug-likeness (QED) is 0.713. The van der Waals surface area contributed by atoms with Crippen LogP contribution in [0.5, 0.6) is 0 Å². The van der Waals surface area contributed by atoms with E-state index in [9.17, 15) is 9.59 Å². The first-order chi connectivity index (χ1) is 13.6. The van der Waals surface area contributed by atoms with E-state index in [4.69, 9.17) is 0 Å². The average molecular weight is 416 g/mol. The normalized spacial score (nSPS) is 24.5. The van der Waals surface area contributed by atoms with Gasteiger partial charge in [0.2, 0.25) is 0 Å². The van der Waals surface area contributed by atoms with Gasteiger partial charge in [0.15, 0.2) is 4.96 Å². The fraction of sp³-hybridized carbons (Fsp3) is 0.474. The molecule has 5 rings (SSSR count). The van der Waals surface area contributed by atoms with E-state index >= 15 is 0 Å². The molecule has 146 valence electrons. The van der Waals surface area contributed by atoms with E-state index in [0.717, 1.165) is 41.3 Å². The Labute approximate surface area is 170 Å². The van der Waals surface area contributed by atoms with E-state index in [1.54, 1.807) is 17.9 Å². The van der Waals surface area contributed by atoms with Gasteiger partial charge in [0.1, 0.15) is 9.75 Å². The number of aromatic nitrogens is 3. The summed E-state index contributed by atoms with van der Waals surface area (Å²) < 4.78 is 1.97. The van der Waals surface area contributed by atoms with Crippen LogP contribution in [0, 0.1) is 18.8 Å². The first-order valence-corrected chi connectivity index (χ1v) is 11.2. The second-order valence-corrected chi connectivity index (χ2v) is 9.47. The average Bonchev–Trinajstić information content (AvgIpc) is 3.47. The highest BCUT2D eigenvalue weighted by Gasteiger charge is 2.43. The van der Waals surface area contributed by atoms with Crippen LogP contribution in [0.2, 0.25) is 0 Å². The highest BCUT2D eigenvalue weighted by atomic mass is 32.1. The predicted molar refractivity (Wildman–Crippen MR) is 108 cm³/mol. The number of hydrogen-bond acceptors (Lipinski definition) is 6. The molecule has 0 aromatic carbocycles. The molecule has 1 aliphatic carbocycles. The molecule has 9 heteroatoms. The van der Waals surface area contributed by atoms with Crippen molar-refractivity contribution in [2.45, 2.75) is 32.2 Å². The number of carbonyl (C=O) groups excluding carboxylic acids is 2. The lowest BCUT2D eigenvalue weighted by Gasteiger charge is -2.33. The molecule has 1 saturated heterocycles. The van der Waals surface area contributed by atoms with E-state index in [1.807, 2.05) is 22.4 Å². The van der Waals surface area contributed by atoms with Gasteiger partial charge in [-0.25, -0.2) is 4.98 Å². The number of hydrogen-bond donors (Lipinski definition) is 1. The summed E-state index contributed by atoms with van der Waals surface area (Å²) >= 11 is 2.81. The first-order valence-electron chi connectivity index (χ1n) is 9.53. The van der Waals surface area contributed by atoms with E-state index in [0.29, 0.717) is 23.3 Å². The monoisotopic (exact) mass is 415 g/mol. The Morgan fingerprint density at radius 1 is 1.29 bits per heavy atom. The van der Waals surface area contributed by atoms with Gasteiger partial charge in [0.25, 0.3) is 11.8 Å². The lowest BCUT2D eigenvalue weighted by Crippen LogP contribution is -2.45. The van der Waals surface area contributed by atoms with Crippen LogP contribution in [-0.2, 0) is 0 Å². The smallest absolute Gasteiger partial charge is 0.265 e. The molecule has 7 nitrogen and oxygen atoms in total. The lowest BCUT2D eigenvalue weighted by atomic mass is 9.78. The molecule has 3 atom stereocenters. The maximum absolute atomic E-state index is 13.2. The Hall–Kier alpha value is -2.26. The minimum atomic E-state index is -0.0479. The number of thiazole rings is 2. The molecule has 1 N–H and O–H groups in total. The molecule has 1 aliphatic heterocycles. The molecule has 2 fully saturated rings. The molecular weight excluding hydrogens is 394 g/mol. The van der Waals surface area contributed by atoms with Crippen LogP contribution in [0.4, 0.5) is 0 Å². The van der Waals surface area contributed by atoms with Crippen molar-refractivity contribution in [3.8, 4) is 0 Å². The maximum Gasteiger partial charge on any atom is 0.265 e. The molecule has 28 heavy (non-hydrogen) atoms. The standard InChI is InChI=1S/C19H21N5O2S2/c1-11-16(28-19-21-5-6-24(11)19)18(26)23-8-12-3-2-4-14(13(12)9-23)22-17(25)15-7-20-10-27-15/h5-7,10,12-14H,2-4,8-9H2,1H3,(H,22,25). The van der Waals surface area contributed by atoms with Crippen molar-refractivity contribution in [3.05, 3.63) is 39.5 Å². The number of carbonyl (C=O) groups is 2. The highest BCUT2D eigenvalue weighted by Crippen LogP contribution is 2.38. The van der Waals surface area contributed by atoms with Gasteiger partial charge >= 0.3 is 0 Å². The molecule has 0 radical (unpaired) electrons. The summed E-state index contributed by atoms with van der Waals surface area (Å²) in [5.41, 5.74) is 2.63. The molecule has 2 aliphatic rings. The van der Waals surface area contributed by atoms with Crippen molar-refractivity contribution in [2.75, 3.05) is 13.1 Å². The Morgan fingerprint density at radius 2 is 2.18 bits per heavy atom. The minimum absolute atomic E-state index is 0.0479. The van der Waals surface area contributed by atoms with Crippen LogP contribution in [0.1, 0.15) is 44.3 Å². The number of nitrogens with one attached hydrogen (secondary N) is 1. The molecule has 3 aromatic heterocycles. The topological polar surface area (TPSA) is 79.6 Å². The van der Waals surface area contributed by atoms with Crippen LogP contribution in [0.25, 0.3) is 4.96 Å².